The molecule has 0 saturated heterocycles. The van der Waals surface area contributed by atoms with E-state index in [1.54, 1.807) is 18.0 Å². The third kappa shape index (κ3) is 2.55. The molecule has 1 saturated carbocycles. The van der Waals surface area contributed by atoms with Gasteiger partial charge in [0.25, 0.3) is 5.91 Å². The average molecular weight is 254 g/mol. The van der Waals surface area contributed by atoms with Crippen molar-refractivity contribution in [1.82, 2.24) is 4.90 Å². The molecular weight excluding hydrogens is 238 g/mol. The molecule has 1 aliphatic rings. The SMILES string of the molecule is CC(C1CC1)N(C)C(=O)c1cc(Cl)ccc1O. The molecule has 92 valence electrons. The van der Waals surface area contributed by atoms with E-state index in [1.807, 2.05) is 6.92 Å². The standard InChI is InChI=1S/C13H16ClNO2/c1-8(9-3-4-9)15(2)13(17)11-7-10(14)5-6-12(11)16/h5-9,16H,3-4H2,1-2H3. The van der Waals surface area contributed by atoms with Crippen molar-refractivity contribution in [3.05, 3.63) is 28.8 Å². The Morgan fingerprint density at radius 1 is 1.53 bits per heavy atom. The van der Waals surface area contributed by atoms with Crippen molar-refractivity contribution in [2.75, 3.05) is 7.05 Å². The molecule has 4 heteroatoms. The molecule has 1 atom stereocenters. The van der Waals surface area contributed by atoms with Crippen molar-refractivity contribution in [3.63, 3.8) is 0 Å². The Balaban J connectivity index is 2.20. The molecule has 3 nitrogen and oxygen atoms in total. The summed E-state index contributed by atoms with van der Waals surface area (Å²) in [7, 11) is 1.77. The van der Waals surface area contributed by atoms with Crippen LogP contribution in [0.3, 0.4) is 0 Å². The number of hydrogen-bond donors (Lipinski definition) is 1. The number of carbonyl (C=O) groups excluding carboxylic acids is 1. The molecule has 17 heavy (non-hydrogen) atoms. The van der Waals surface area contributed by atoms with Crippen LogP contribution in [0.4, 0.5) is 0 Å². The van der Waals surface area contributed by atoms with Gasteiger partial charge in [-0.25, -0.2) is 0 Å². The second-order valence-electron chi connectivity index (χ2n) is 4.66. The fraction of sp³-hybridized carbons (Fsp3) is 0.462. The monoisotopic (exact) mass is 253 g/mol. The molecule has 2 rings (SSSR count). The van der Waals surface area contributed by atoms with E-state index in [0.717, 1.165) is 0 Å². The number of nitrogens with zero attached hydrogens (tertiary/aromatic N) is 1. The lowest BCUT2D eigenvalue weighted by molar-refractivity contribution is 0.0724. The third-order valence-corrected chi connectivity index (χ3v) is 3.66. The summed E-state index contributed by atoms with van der Waals surface area (Å²) in [5.74, 6) is 0.406. The fourth-order valence-corrected chi connectivity index (χ4v) is 2.12. The van der Waals surface area contributed by atoms with E-state index in [4.69, 9.17) is 11.6 Å². The van der Waals surface area contributed by atoms with Gasteiger partial charge in [-0.15, -0.1) is 0 Å². The summed E-state index contributed by atoms with van der Waals surface area (Å²) in [6.45, 7) is 2.04. The Hall–Kier alpha value is -1.22. The summed E-state index contributed by atoms with van der Waals surface area (Å²) in [5.41, 5.74) is 0.271. The first kappa shape index (κ1) is 12.2. The molecule has 1 aromatic carbocycles. The van der Waals surface area contributed by atoms with Crippen molar-refractivity contribution < 1.29 is 9.90 Å². The van der Waals surface area contributed by atoms with Gasteiger partial charge < -0.3 is 10.0 Å². The topological polar surface area (TPSA) is 40.5 Å². The summed E-state index contributed by atoms with van der Waals surface area (Å²) in [5, 5.41) is 10.1. The Kier molecular flexibility index (Phi) is 3.29. The molecule has 0 spiro atoms. The molecule has 1 fully saturated rings. The zero-order valence-corrected chi connectivity index (χ0v) is 10.7. The molecule has 0 aliphatic heterocycles. The van der Waals surface area contributed by atoms with Gasteiger partial charge >= 0.3 is 0 Å². The molecule has 1 aromatic rings. The molecule has 1 unspecified atom stereocenters. The van der Waals surface area contributed by atoms with E-state index in [2.05, 4.69) is 0 Å². The lowest BCUT2D eigenvalue weighted by Crippen LogP contribution is -2.36. The molecule has 1 aliphatic carbocycles. The Morgan fingerprint density at radius 3 is 2.76 bits per heavy atom. The van der Waals surface area contributed by atoms with Crippen molar-refractivity contribution in [2.24, 2.45) is 5.92 Å². The van der Waals surface area contributed by atoms with Crippen LogP contribution in [0, 0.1) is 5.92 Å². The van der Waals surface area contributed by atoms with Gasteiger partial charge in [-0.05, 0) is 43.9 Å². The highest BCUT2D eigenvalue weighted by Gasteiger charge is 2.33. The maximum atomic E-state index is 12.2. The van der Waals surface area contributed by atoms with Crippen molar-refractivity contribution in [3.8, 4) is 5.75 Å². The Morgan fingerprint density at radius 2 is 2.18 bits per heavy atom. The summed E-state index contributed by atoms with van der Waals surface area (Å²) in [6.07, 6.45) is 2.36. The molecule has 0 aromatic heterocycles. The van der Waals surface area contributed by atoms with Crippen LogP contribution in [-0.4, -0.2) is 29.0 Å². The minimum Gasteiger partial charge on any atom is -0.507 e. The van der Waals surface area contributed by atoms with Gasteiger partial charge in [-0.2, -0.15) is 0 Å². The number of carbonyl (C=O) groups is 1. The number of phenols is 1. The zero-order valence-electron chi connectivity index (χ0n) is 9.98. The van der Waals surface area contributed by atoms with Gasteiger partial charge in [0.05, 0.1) is 5.56 Å². The second-order valence-corrected chi connectivity index (χ2v) is 5.09. The maximum absolute atomic E-state index is 12.2. The van der Waals surface area contributed by atoms with Crippen LogP contribution in [-0.2, 0) is 0 Å². The molecule has 1 N–H and O–H groups in total. The lowest BCUT2D eigenvalue weighted by Gasteiger charge is -2.25. The molecule has 0 heterocycles. The number of amides is 1. The van der Waals surface area contributed by atoms with Gasteiger partial charge in [0.2, 0.25) is 0 Å². The number of hydrogen-bond acceptors (Lipinski definition) is 2. The van der Waals surface area contributed by atoms with E-state index < -0.39 is 0 Å². The van der Waals surface area contributed by atoms with Crippen LogP contribution in [0.5, 0.6) is 5.75 Å². The number of aromatic hydroxyl groups is 1. The largest absolute Gasteiger partial charge is 0.507 e. The van der Waals surface area contributed by atoms with E-state index >= 15 is 0 Å². The van der Waals surface area contributed by atoms with E-state index in [0.29, 0.717) is 10.9 Å². The van der Waals surface area contributed by atoms with Crippen LogP contribution in [0.25, 0.3) is 0 Å². The first-order valence-electron chi connectivity index (χ1n) is 5.76. The number of phenolic OH excluding ortho intramolecular Hbond substituents is 1. The predicted octanol–water partition coefficient (Wildman–Crippen LogP) is 2.92. The van der Waals surface area contributed by atoms with Crippen LogP contribution < -0.4 is 0 Å². The van der Waals surface area contributed by atoms with Gasteiger partial charge in [0.15, 0.2) is 0 Å². The summed E-state index contributed by atoms with van der Waals surface area (Å²) < 4.78 is 0. The first-order chi connectivity index (χ1) is 8.00. The van der Waals surface area contributed by atoms with Gasteiger partial charge in [0, 0.05) is 18.1 Å². The smallest absolute Gasteiger partial charge is 0.257 e. The number of rotatable bonds is 3. The van der Waals surface area contributed by atoms with Crippen LogP contribution in [0.1, 0.15) is 30.1 Å². The van der Waals surface area contributed by atoms with E-state index in [1.165, 1.54) is 25.0 Å². The van der Waals surface area contributed by atoms with Crippen molar-refractivity contribution in [1.29, 1.82) is 0 Å². The predicted molar refractivity (Wildman–Crippen MR) is 67.4 cm³/mol. The summed E-state index contributed by atoms with van der Waals surface area (Å²) in [4.78, 5) is 13.9. The van der Waals surface area contributed by atoms with Crippen LogP contribution in [0.2, 0.25) is 5.02 Å². The fourth-order valence-electron chi connectivity index (χ4n) is 1.95. The molecular formula is C13H16ClNO2. The minimum absolute atomic E-state index is 0.0192. The highest BCUT2D eigenvalue weighted by Crippen LogP contribution is 2.35. The second kappa shape index (κ2) is 4.57. The van der Waals surface area contributed by atoms with Gasteiger partial charge in [-0.1, -0.05) is 11.6 Å². The normalized spacial score (nSPS) is 16.6. The minimum atomic E-state index is -0.176. The van der Waals surface area contributed by atoms with Gasteiger partial charge in [0.1, 0.15) is 5.75 Å². The highest BCUT2D eigenvalue weighted by molar-refractivity contribution is 6.31. The lowest BCUT2D eigenvalue weighted by atomic mass is 10.1. The zero-order chi connectivity index (χ0) is 12.6. The van der Waals surface area contributed by atoms with Crippen LogP contribution in [0.15, 0.2) is 18.2 Å². The molecule has 0 bridgehead atoms. The number of halogens is 1. The summed E-state index contributed by atoms with van der Waals surface area (Å²) in [6, 6.07) is 4.74. The average Bonchev–Trinajstić information content (AvgIpc) is 3.13. The Bertz CT molecular complexity index is 443. The highest BCUT2D eigenvalue weighted by atomic mass is 35.5. The van der Waals surface area contributed by atoms with E-state index in [-0.39, 0.29) is 23.3 Å². The van der Waals surface area contributed by atoms with Crippen LogP contribution >= 0.6 is 11.6 Å². The third-order valence-electron chi connectivity index (χ3n) is 3.42. The first-order valence-corrected chi connectivity index (χ1v) is 6.14. The van der Waals surface area contributed by atoms with Crippen molar-refractivity contribution in [2.45, 2.75) is 25.8 Å². The summed E-state index contributed by atoms with van der Waals surface area (Å²) >= 11 is 5.84. The van der Waals surface area contributed by atoms with Crippen molar-refractivity contribution >= 4 is 17.5 Å². The van der Waals surface area contributed by atoms with Gasteiger partial charge in [-0.3, -0.25) is 4.79 Å². The maximum Gasteiger partial charge on any atom is 0.257 e. The molecule has 0 radical (unpaired) electrons. The molecule has 1 amide bonds. The quantitative estimate of drug-likeness (QED) is 0.900. The van der Waals surface area contributed by atoms with E-state index in [9.17, 15) is 9.90 Å². The Labute approximate surface area is 106 Å². The number of benzene rings is 1.